The highest BCUT2D eigenvalue weighted by Crippen LogP contribution is 2.35. The molecule has 0 aliphatic carbocycles. The van der Waals surface area contributed by atoms with Crippen LogP contribution in [0.2, 0.25) is 10.0 Å². The molecule has 0 bridgehead atoms. The van der Waals surface area contributed by atoms with Crippen LogP contribution in [0.1, 0.15) is 25.6 Å². The van der Waals surface area contributed by atoms with Crippen LogP contribution in [0, 0.1) is 0 Å². The van der Waals surface area contributed by atoms with Crippen molar-refractivity contribution in [2.75, 3.05) is 12.4 Å². The summed E-state index contributed by atoms with van der Waals surface area (Å²) < 4.78 is 0. The van der Waals surface area contributed by atoms with E-state index in [1.165, 1.54) is 11.8 Å². The maximum atomic E-state index is 6.18. The van der Waals surface area contributed by atoms with Gasteiger partial charge in [0, 0.05) is 29.0 Å². The van der Waals surface area contributed by atoms with Gasteiger partial charge < -0.3 is 5.32 Å². The number of nitrogens with zero attached hydrogens (tertiary/aromatic N) is 2. The molecule has 106 valence electrons. The zero-order valence-corrected chi connectivity index (χ0v) is 13.8. The van der Waals surface area contributed by atoms with E-state index in [4.69, 9.17) is 23.2 Å². The maximum absolute atomic E-state index is 6.18. The Morgan fingerprint density at radius 1 is 1.15 bits per heavy atom. The average molecular weight is 328 g/mol. The standard InChI is InChI=1S/C14H15Cl2N3S/c1-8(2)14-18-12(17-3)7-13(19-14)20-11-6-9(15)4-5-10(11)16/h4-8H,1-3H3,(H,17,18,19). The molecule has 2 aromatic rings. The Balaban J connectivity index is 2.37. The fourth-order valence-electron chi connectivity index (χ4n) is 1.55. The van der Waals surface area contributed by atoms with Gasteiger partial charge in [-0.25, -0.2) is 9.97 Å². The third-order valence-corrected chi connectivity index (χ3v) is 4.25. The first-order valence-corrected chi connectivity index (χ1v) is 7.76. The van der Waals surface area contributed by atoms with Crippen LogP contribution in [0.3, 0.4) is 0 Å². The number of aromatic nitrogens is 2. The molecule has 1 heterocycles. The first-order chi connectivity index (χ1) is 9.49. The van der Waals surface area contributed by atoms with E-state index in [1.807, 2.05) is 19.2 Å². The van der Waals surface area contributed by atoms with Crippen molar-refractivity contribution in [2.45, 2.75) is 29.7 Å². The summed E-state index contributed by atoms with van der Waals surface area (Å²) in [5.74, 6) is 1.86. The smallest absolute Gasteiger partial charge is 0.134 e. The Morgan fingerprint density at radius 2 is 1.90 bits per heavy atom. The summed E-state index contributed by atoms with van der Waals surface area (Å²) in [6, 6.07) is 7.29. The van der Waals surface area contributed by atoms with Crippen molar-refractivity contribution < 1.29 is 0 Å². The number of anilines is 1. The fourth-order valence-corrected chi connectivity index (χ4v) is 2.91. The molecule has 0 radical (unpaired) electrons. The monoisotopic (exact) mass is 327 g/mol. The highest BCUT2D eigenvalue weighted by molar-refractivity contribution is 7.99. The van der Waals surface area contributed by atoms with Gasteiger partial charge in [-0.15, -0.1) is 0 Å². The van der Waals surface area contributed by atoms with Crippen LogP contribution in [-0.4, -0.2) is 17.0 Å². The van der Waals surface area contributed by atoms with Crippen LogP contribution in [0.4, 0.5) is 5.82 Å². The first kappa shape index (κ1) is 15.4. The molecule has 0 fully saturated rings. The SMILES string of the molecule is CNc1cc(Sc2cc(Cl)ccc2Cl)nc(C(C)C)n1. The summed E-state index contributed by atoms with van der Waals surface area (Å²) in [4.78, 5) is 9.88. The minimum atomic E-state index is 0.262. The van der Waals surface area contributed by atoms with E-state index in [1.54, 1.807) is 12.1 Å². The lowest BCUT2D eigenvalue weighted by Gasteiger charge is -2.10. The second-order valence-electron chi connectivity index (χ2n) is 4.53. The third kappa shape index (κ3) is 3.78. The zero-order valence-electron chi connectivity index (χ0n) is 11.4. The van der Waals surface area contributed by atoms with E-state index < -0.39 is 0 Å². The predicted molar refractivity (Wildman–Crippen MR) is 86.3 cm³/mol. The molecule has 0 aliphatic heterocycles. The van der Waals surface area contributed by atoms with Gasteiger partial charge in [-0.05, 0) is 18.2 Å². The van der Waals surface area contributed by atoms with Crippen LogP contribution in [0.25, 0.3) is 0 Å². The fraction of sp³-hybridized carbons (Fsp3) is 0.286. The summed E-state index contributed by atoms with van der Waals surface area (Å²) in [6.07, 6.45) is 0. The van der Waals surface area contributed by atoms with Crippen molar-refractivity contribution in [1.82, 2.24) is 9.97 Å². The van der Waals surface area contributed by atoms with Crippen molar-refractivity contribution in [3.05, 3.63) is 40.1 Å². The molecule has 3 nitrogen and oxygen atoms in total. The molecule has 1 aromatic heterocycles. The molecule has 20 heavy (non-hydrogen) atoms. The highest BCUT2D eigenvalue weighted by atomic mass is 35.5. The molecule has 1 aromatic carbocycles. The lowest BCUT2D eigenvalue weighted by atomic mass is 10.2. The van der Waals surface area contributed by atoms with E-state index in [0.717, 1.165) is 21.6 Å². The summed E-state index contributed by atoms with van der Waals surface area (Å²) in [5, 5.41) is 5.21. The molecule has 0 atom stereocenters. The zero-order chi connectivity index (χ0) is 14.7. The normalized spacial score (nSPS) is 10.9. The minimum Gasteiger partial charge on any atom is -0.373 e. The minimum absolute atomic E-state index is 0.262. The number of nitrogens with one attached hydrogen (secondary N) is 1. The van der Waals surface area contributed by atoms with Crippen LogP contribution >= 0.6 is 35.0 Å². The van der Waals surface area contributed by atoms with Gasteiger partial charge in [-0.1, -0.05) is 48.8 Å². The molecule has 6 heteroatoms. The molecule has 0 aliphatic rings. The Labute approximate surface area is 133 Å². The number of halogens is 2. The van der Waals surface area contributed by atoms with Gasteiger partial charge in [-0.2, -0.15) is 0 Å². The van der Waals surface area contributed by atoms with Crippen LogP contribution in [-0.2, 0) is 0 Å². The second-order valence-corrected chi connectivity index (χ2v) is 6.44. The molecule has 0 saturated carbocycles. The molecule has 0 unspecified atom stereocenters. The Morgan fingerprint density at radius 3 is 2.55 bits per heavy atom. The number of benzene rings is 1. The molecule has 0 saturated heterocycles. The van der Waals surface area contributed by atoms with Crippen LogP contribution in [0.15, 0.2) is 34.2 Å². The largest absolute Gasteiger partial charge is 0.373 e. The Hall–Kier alpha value is -0.970. The second kappa shape index (κ2) is 6.66. The quantitative estimate of drug-likeness (QED) is 0.793. The Kier molecular flexibility index (Phi) is 5.13. The summed E-state index contributed by atoms with van der Waals surface area (Å²) in [6.45, 7) is 4.13. The van der Waals surface area contributed by atoms with Crippen molar-refractivity contribution in [3.8, 4) is 0 Å². The van der Waals surface area contributed by atoms with Crippen LogP contribution in [0.5, 0.6) is 0 Å². The average Bonchev–Trinajstić information content (AvgIpc) is 2.42. The molecular weight excluding hydrogens is 313 g/mol. The molecule has 0 amide bonds. The van der Waals surface area contributed by atoms with E-state index in [9.17, 15) is 0 Å². The van der Waals surface area contributed by atoms with Crippen molar-refractivity contribution in [3.63, 3.8) is 0 Å². The van der Waals surface area contributed by atoms with Gasteiger partial charge >= 0.3 is 0 Å². The topological polar surface area (TPSA) is 37.8 Å². The van der Waals surface area contributed by atoms with Crippen molar-refractivity contribution in [1.29, 1.82) is 0 Å². The number of rotatable bonds is 4. The summed E-state index contributed by atoms with van der Waals surface area (Å²) in [7, 11) is 1.84. The first-order valence-electron chi connectivity index (χ1n) is 6.19. The lowest BCUT2D eigenvalue weighted by Crippen LogP contribution is -2.02. The van der Waals surface area contributed by atoms with Crippen molar-refractivity contribution in [2.24, 2.45) is 0 Å². The molecule has 0 spiro atoms. The summed E-state index contributed by atoms with van der Waals surface area (Å²) >= 11 is 13.7. The summed E-state index contributed by atoms with van der Waals surface area (Å²) in [5.41, 5.74) is 0. The Bertz CT molecular complexity index is 617. The highest BCUT2D eigenvalue weighted by Gasteiger charge is 2.10. The van der Waals surface area contributed by atoms with Crippen LogP contribution < -0.4 is 5.32 Å². The van der Waals surface area contributed by atoms with Gasteiger partial charge in [0.15, 0.2) is 0 Å². The van der Waals surface area contributed by atoms with Gasteiger partial charge in [0.1, 0.15) is 16.7 Å². The number of hydrogen-bond donors (Lipinski definition) is 1. The van der Waals surface area contributed by atoms with E-state index in [2.05, 4.69) is 29.1 Å². The van der Waals surface area contributed by atoms with E-state index in [-0.39, 0.29) is 5.92 Å². The third-order valence-electron chi connectivity index (χ3n) is 2.60. The van der Waals surface area contributed by atoms with Gasteiger partial charge in [0.05, 0.1) is 5.02 Å². The number of hydrogen-bond acceptors (Lipinski definition) is 4. The lowest BCUT2D eigenvalue weighted by molar-refractivity contribution is 0.755. The molecule has 2 rings (SSSR count). The predicted octanol–water partition coefficient (Wildman–Crippen LogP) is 5.10. The molecule has 1 N–H and O–H groups in total. The van der Waals surface area contributed by atoms with Crippen molar-refractivity contribution >= 4 is 40.8 Å². The molecular formula is C14H15Cl2N3S. The van der Waals surface area contributed by atoms with E-state index in [0.29, 0.717) is 10.0 Å². The van der Waals surface area contributed by atoms with Gasteiger partial charge in [-0.3, -0.25) is 0 Å². The van der Waals surface area contributed by atoms with E-state index >= 15 is 0 Å². The maximum Gasteiger partial charge on any atom is 0.134 e. The van der Waals surface area contributed by atoms with Gasteiger partial charge in [0.25, 0.3) is 0 Å². The van der Waals surface area contributed by atoms with Gasteiger partial charge in [0.2, 0.25) is 0 Å².